The van der Waals surface area contributed by atoms with E-state index in [4.69, 9.17) is 21.1 Å². The number of anilines is 1. The molecule has 0 aromatic heterocycles. The SMILES string of the molecule is COc1cccc(CNCCNc2ccc([N+](=O)[O-])cc2Cl)c1OC.Cl. The van der Waals surface area contributed by atoms with E-state index in [1.807, 2.05) is 18.2 Å². The van der Waals surface area contributed by atoms with Crippen molar-refractivity contribution in [3.63, 3.8) is 0 Å². The smallest absolute Gasteiger partial charge is 0.271 e. The number of nitro groups is 1. The van der Waals surface area contributed by atoms with Crippen molar-refractivity contribution < 1.29 is 14.4 Å². The third-order valence-electron chi connectivity index (χ3n) is 3.58. The maximum Gasteiger partial charge on any atom is 0.271 e. The lowest BCUT2D eigenvalue weighted by Crippen LogP contribution is -2.22. The molecule has 0 fully saturated rings. The number of benzene rings is 2. The molecule has 0 atom stereocenters. The summed E-state index contributed by atoms with van der Waals surface area (Å²) in [5, 5.41) is 17.5. The third kappa shape index (κ3) is 5.66. The van der Waals surface area contributed by atoms with Gasteiger partial charge in [-0.15, -0.1) is 12.4 Å². The first-order valence-corrected chi connectivity index (χ1v) is 8.03. The number of rotatable bonds is 9. The van der Waals surface area contributed by atoms with Gasteiger partial charge in [-0.2, -0.15) is 0 Å². The largest absolute Gasteiger partial charge is 0.493 e. The summed E-state index contributed by atoms with van der Waals surface area (Å²) in [7, 11) is 3.21. The molecular weight excluding hydrogens is 381 g/mol. The van der Waals surface area contributed by atoms with Crippen LogP contribution in [0, 0.1) is 10.1 Å². The molecule has 0 unspecified atom stereocenters. The molecule has 2 aromatic rings. The monoisotopic (exact) mass is 401 g/mol. The quantitative estimate of drug-likeness (QED) is 0.376. The van der Waals surface area contributed by atoms with E-state index in [-0.39, 0.29) is 18.1 Å². The van der Waals surface area contributed by atoms with Crippen molar-refractivity contribution in [2.75, 3.05) is 32.6 Å². The Morgan fingerprint density at radius 1 is 1.15 bits per heavy atom. The fourth-order valence-electron chi connectivity index (χ4n) is 2.36. The summed E-state index contributed by atoms with van der Waals surface area (Å²) in [5.74, 6) is 1.40. The average Bonchev–Trinajstić information content (AvgIpc) is 2.61. The van der Waals surface area contributed by atoms with E-state index in [0.717, 1.165) is 5.56 Å². The predicted molar refractivity (Wildman–Crippen MR) is 105 cm³/mol. The van der Waals surface area contributed by atoms with Crippen LogP contribution in [0.15, 0.2) is 36.4 Å². The predicted octanol–water partition coefficient (Wildman–Crippen LogP) is 3.89. The first-order chi connectivity index (χ1) is 12.1. The lowest BCUT2D eigenvalue weighted by atomic mass is 10.2. The summed E-state index contributed by atoms with van der Waals surface area (Å²) >= 11 is 6.04. The van der Waals surface area contributed by atoms with E-state index in [2.05, 4.69) is 10.6 Å². The van der Waals surface area contributed by atoms with Crippen molar-refractivity contribution in [3.8, 4) is 11.5 Å². The van der Waals surface area contributed by atoms with E-state index < -0.39 is 4.92 Å². The fourth-order valence-corrected chi connectivity index (χ4v) is 2.60. The van der Waals surface area contributed by atoms with Crippen LogP contribution in [-0.2, 0) is 6.54 Å². The normalized spacial score (nSPS) is 9.96. The number of nitrogens with one attached hydrogen (secondary N) is 2. The van der Waals surface area contributed by atoms with Crippen LogP contribution < -0.4 is 20.1 Å². The number of hydrogen-bond acceptors (Lipinski definition) is 6. The molecule has 2 aromatic carbocycles. The minimum absolute atomic E-state index is 0. The van der Waals surface area contributed by atoms with Crippen LogP contribution in [0.3, 0.4) is 0 Å². The van der Waals surface area contributed by atoms with Gasteiger partial charge in [-0.05, 0) is 12.1 Å². The van der Waals surface area contributed by atoms with Crippen LogP contribution in [-0.4, -0.2) is 32.2 Å². The van der Waals surface area contributed by atoms with E-state index >= 15 is 0 Å². The number of methoxy groups -OCH3 is 2. The Morgan fingerprint density at radius 3 is 2.54 bits per heavy atom. The van der Waals surface area contributed by atoms with Gasteiger partial charge < -0.3 is 20.1 Å². The number of ether oxygens (including phenoxy) is 2. The van der Waals surface area contributed by atoms with Crippen molar-refractivity contribution >= 4 is 35.4 Å². The molecule has 0 heterocycles. The molecule has 0 aliphatic rings. The second-order valence-electron chi connectivity index (χ2n) is 5.18. The number of nitro benzene ring substituents is 1. The molecule has 0 saturated heterocycles. The van der Waals surface area contributed by atoms with Gasteiger partial charge in [-0.25, -0.2) is 0 Å². The number of para-hydroxylation sites is 1. The zero-order valence-electron chi connectivity index (χ0n) is 14.5. The molecule has 0 saturated carbocycles. The van der Waals surface area contributed by atoms with Gasteiger partial charge in [0.1, 0.15) is 0 Å². The van der Waals surface area contributed by atoms with Gasteiger partial charge in [0.2, 0.25) is 0 Å². The van der Waals surface area contributed by atoms with Crippen molar-refractivity contribution in [1.29, 1.82) is 0 Å². The van der Waals surface area contributed by atoms with Gasteiger partial charge in [0.05, 0.1) is 29.9 Å². The van der Waals surface area contributed by atoms with Crippen LogP contribution in [0.25, 0.3) is 0 Å². The van der Waals surface area contributed by atoms with Crippen LogP contribution in [0.5, 0.6) is 11.5 Å². The van der Waals surface area contributed by atoms with Crippen LogP contribution >= 0.6 is 24.0 Å². The number of nitrogens with zero attached hydrogens (tertiary/aromatic N) is 1. The molecular formula is C17H21Cl2N3O4. The van der Waals surface area contributed by atoms with Crippen LogP contribution in [0.4, 0.5) is 11.4 Å². The Kier molecular flexibility index (Phi) is 8.98. The van der Waals surface area contributed by atoms with Gasteiger partial charge >= 0.3 is 0 Å². The second kappa shape index (κ2) is 10.7. The van der Waals surface area contributed by atoms with Gasteiger partial charge in [0.25, 0.3) is 5.69 Å². The summed E-state index contributed by atoms with van der Waals surface area (Å²) in [5.41, 5.74) is 1.63. The zero-order chi connectivity index (χ0) is 18.2. The van der Waals surface area contributed by atoms with Gasteiger partial charge in [-0.3, -0.25) is 10.1 Å². The van der Waals surface area contributed by atoms with E-state index in [1.165, 1.54) is 12.1 Å². The standard InChI is InChI=1S/C17H20ClN3O4.ClH/c1-24-16-5-3-4-12(17(16)25-2)11-19-8-9-20-15-7-6-13(21(22)23)10-14(15)18;/h3-7,10,19-20H,8-9,11H2,1-2H3;1H. The summed E-state index contributed by atoms with van der Waals surface area (Å²) in [6.45, 7) is 1.91. The van der Waals surface area contributed by atoms with E-state index in [9.17, 15) is 10.1 Å². The Morgan fingerprint density at radius 2 is 1.92 bits per heavy atom. The number of hydrogen-bond donors (Lipinski definition) is 2. The topological polar surface area (TPSA) is 85.7 Å². The number of halogens is 2. The Labute approximate surface area is 163 Å². The zero-order valence-corrected chi connectivity index (χ0v) is 16.0. The van der Waals surface area contributed by atoms with Crippen molar-refractivity contribution in [1.82, 2.24) is 5.32 Å². The highest BCUT2D eigenvalue weighted by molar-refractivity contribution is 6.33. The Hall–Kier alpha value is -2.22. The minimum atomic E-state index is -0.473. The van der Waals surface area contributed by atoms with Crippen molar-refractivity contribution in [2.45, 2.75) is 6.54 Å². The average molecular weight is 402 g/mol. The molecule has 26 heavy (non-hydrogen) atoms. The van der Waals surface area contributed by atoms with Crippen LogP contribution in [0.2, 0.25) is 5.02 Å². The van der Waals surface area contributed by atoms with E-state index in [0.29, 0.717) is 41.8 Å². The molecule has 0 aliphatic carbocycles. The molecule has 0 spiro atoms. The maximum absolute atomic E-state index is 10.7. The Bertz CT molecular complexity index is 744. The lowest BCUT2D eigenvalue weighted by molar-refractivity contribution is -0.384. The summed E-state index contributed by atoms with van der Waals surface area (Å²) in [4.78, 5) is 10.2. The minimum Gasteiger partial charge on any atom is -0.493 e. The molecule has 2 N–H and O–H groups in total. The summed E-state index contributed by atoms with van der Waals surface area (Å²) in [6, 6.07) is 10.1. The van der Waals surface area contributed by atoms with Crippen LogP contribution in [0.1, 0.15) is 5.56 Å². The molecule has 0 aliphatic heterocycles. The van der Waals surface area contributed by atoms with Gasteiger partial charge in [0, 0.05) is 37.3 Å². The first-order valence-electron chi connectivity index (χ1n) is 7.65. The molecule has 9 heteroatoms. The second-order valence-corrected chi connectivity index (χ2v) is 5.58. The molecule has 142 valence electrons. The highest BCUT2D eigenvalue weighted by Crippen LogP contribution is 2.30. The van der Waals surface area contributed by atoms with Crippen molar-refractivity contribution in [2.24, 2.45) is 0 Å². The maximum atomic E-state index is 10.7. The highest BCUT2D eigenvalue weighted by atomic mass is 35.5. The Balaban J connectivity index is 0.00000338. The van der Waals surface area contributed by atoms with E-state index in [1.54, 1.807) is 20.3 Å². The molecule has 2 rings (SSSR count). The van der Waals surface area contributed by atoms with Gasteiger partial charge in [-0.1, -0.05) is 23.7 Å². The van der Waals surface area contributed by atoms with Gasteiger partial charge in [0.15, 0.2) is 11.5 Å². The molecule has 0 bridgehead atoms. The molecule has 7 nitrogen and oxygen atoms in total. The molecule has 0 amide bonds. The third-order valence-corrected chi connectivity index (χ3v) is 3.89. The highest BCUT2D eigenvalue weighted by Gasteiger charge is 2.10. The molecule has 0 radical (unpaired) electrons. The summed E-state index contributed by atoms with van der Waals surface area (Å²) < 4.78 is 10.7. The van der Waals surface area contributed by atoms with Crippen molar-refractivity contribution in [3.05, 3.63) is 57.1 Å². The lowest BCUT2D eigenvalue weighted by Gasteiger charge is -2.13. The fraction of sp³-hybridized carbons (Fsp3) is 0.294. The first kappa shape index (κ1) is 21.8. The number of non-ortho nitro benzene ring substituents is 1. The summed E-state index contributed by atoms with van der Waals surface area (Å²) in [6.07, 6.45) is 0.